The summed E-state index contributed by atoms with van der Waals surface area (Å²) in [5.41, 5.74) is 6.02. The number of rotatable bonds is 5. The van der Waals surface area contributed by atoms with Crippen molar-refractivity contribution in [2.75, 3.05) is 13.7 Å². The molecule has 0 aliphatic carbocycles. The smallest absolute Gasteiger partial charge is 0.314 e. The van der Waals surface area contributed by atoms with E-state index >= 15 is 0 Å². The summed E-state index contributed by atoms with van der Waals surface area (Å²) in [7, 11) is 1.39. The van der Waals surface area contributed by atoms with Gasteiger partial charge < -0.3 is 95.9 Å². The summed E-state index contributed by atoms with van der Waals surface area (Å²) in [4.78, 5) is 25.7. The predicted octanol–water partition coefficient (Wildman–Crippen LogP) is 1.05. The molecule has 4 heterocycles. The fourth-order valence-electron chi connectivity index (χ4n) is 9.51. The third-order valence-corrected chi connectivity index (χ3v) is 13.9. The van der Waals surface area contributed by atoms with Crippen LogP contribution in [0.5, 0.6) is 0 Å². The first-order valence-corrected chi connectivity index (χ1v) is 26.1. The number of aliphatic hydroxyl groups is 10. The summed E-state index contributed by atoms with van der Waals surface area (Å²) in [5, 5.41) is 113. The lowest BCUT2D eigenvalue weighted by molar-refractivity contribution is -0.298. The summed E-state index contributed by atoms with van der Waals surface area (Å²) in [6, 6.07) is -2.79. The van der Waals surface area contributed by atoms with Gasteiger partial charge in [-0.25, -0.2) is 4.79 Å². The molecule has 3 fully saturated rings. The Bertz CT molecular complexity index is 1840. The van der Waals surface area contributed by atoms with Crippen molar-refractivity contribution in [2.24, 2.45) is 17.6 Å². The van der Waals surface area contributed by atoms with Crippen LogP contribution in [0.4, 0.5) is 4.79 Å². The molecule has 14 unspecified atom stereocenters. The first-order valence-electron chi connectivity index (χ1n) is 26.1. The number of allylic oxidation sites excluding steroid dienone is 10. The van der Waals surface area contributed by atoms with Crippen molar-refractivity contribution < 1.29 is 89.1 Å². The zero-order chi connectivity index (χ0) is 54.5. The average Bonchev–Trinajstić information content (AvgIpc) is 3.32. The molecule has 2 bridgehead atoms. The van der Waals surface area contributed by atoms with Gasteiger partial charge in [-0.3, -0.25) is 4.79 Å². The molecule has 21 nitrogen and oxygen atoms in total. The Morgan fingerprint density at radius 2 is 1.35 bits per heavy atom. The van der Waals surface area contributed by atoms with Crippen molar-refractivity contribution in [3.8, 4) is 0 Å². The van der Waals surface area contributed by atoms with Crippen LogP contribution in [0.15, 0.2) is 72.9 Å². The van der Waals surface area contributed by atoms with Crippen molar-refractivity contribution in [2.45, 2.75) is 221 Å². The number of aliphatic hydroxyl groups excluding tert-OH is 9. The monoisotopic (exact) mass is 1050 g/mol. The fraction of sp³-hybridized carbons (Fsp3) is 0.736. The number of hydrogen-bond acceptors (Lipinski definition) is 19. The molecule has 0 aromatic rings. The fourth-order valence-corrected chi connectivity index (χ4v) is 9.51. The number of fused-ring (bicyclic) bond motifs is 2. The van der Waals surface area contributed by atoms with Gasteiger partial charge in [-0.2, -0.15) is 0 Å². The van der Waals surface area contributed by atoms with Crippen molar-refractivity contribution in [3.05, 3.63) is 72.9 Å². The van der Waals surface area contributed by atoms with Crippen LogP contribution in [-0.2, 0) is 33.2 Å². The molecular weight excluding hydrogens is 967 g/mol. The van der Waals surface area contributed by atoms with Crippen molar-refractivity contribution >= 4 is 12.0 Å². The van der Waals surface area contributed by atoms with Gasteiger partial charge in [0.2, 0.25) is 0 Å². The highest BCUT2D eigenvalue weighted by Gasteiger charge is 2.48. The maximum absolute atomic E-state index is 13.1. The minimum absolute atomic E-state index is 0.0386. The zero-order valence-electron chi connectivity index (χ0n) is 43.5. The lowest BCUT2D eigenvalue weighted by Crippen LogP contribution is -2.63. The quantitative estimate of drug-likeness (QED) is 0.171. The summed E-state index contributed by atoms with van der Waals surface area (Å²) >= 11 is 0. The van der Waals surface area contributed by atoms with Crippen LogP contribution < -0.4 is 16.4 Å². The standard InChI is InChI=1S/C53H87N3O18/c1-31-19-16-14-12-10-8-6-7-9-11-13-15-17-22-39(72-51-49(66)46(54)42(63)30-69-51)26-43-47(56-52(67)55-5)41(62)29-53(68,74-43)28-36(58)21-18-20-35(57)23-37(59)24-38(60)25-44(64)70-33(3)32(2)50(31)73-45-27-40(61)48(65)34(4)71-45/h6-7,9,11-17,19,22,31-43,45-51,57-63,65-66,68H,8,10,18,20-21,23-30,54H2,1-5H3,(H2,55,56,67)/b7-6+,11-9+,14-12+,15-13+,19-16+,22-17+/t31?,32?,33?,34-,35?,36?,37?,38?,39?,40+,41?,42+,43?,45?,46-,47?,48-,49-,50?,51-,53?/m0/s1. The first kappa shape index (κ1) is 63.1. The molecule has 74 heavy (non-hydrogen) atoms. The normalized spacial score (nSPS) is 44.4. The molecule has 21 atom stereocenters. The summed E-state index contributed by atoms with van der Waals surface area (Å²) in [5.74, 6) is -3.45. The van der Waals surface area contributed by atoms with E-state index in [4.69, 9.17) is 34.2 Å². The summed E-state index contributed by atoms with van der Waals surface area (Å²) in [6.07, 6.45) is 5.53. The number of nitrogens with two attached hydrogens (primary N) is 1. The topological polar surface area (TPSA) is 342 Å². The number of carbonyl (C=O) groups is 2. The zero-order valence-corrected chi connectivity index (χ0v) is 43.5. The van der Waals surface area contributed by atoms with Crippen LogP contribution in [0.25, 0.3) is 0 Å². The summed E-state index contributed by atoms with van der Waals surface area (Å²) in [6.45, 7) is 6.95. The van der Waals surface area contributed by atoms with Gasteiger partial charge in [-0.1, -0.05) is 86.8 Å². The number of hydrogen-bond donors (Lipinski definition) is 13. The molecule has 2 amide bonds. The van der Waals surface area contributed by atoms with E-state index in [-0.39, 0.29) is 63.9 Å². The average molecular weight is 1050 g/mol. The van der Waals surface area contributed by atoms with E-state index in [1.165, 1.54) is 7.05 Å². The Labute approximate surface area is 435 Å². The van der Waals surface area contributed by atoms with Crippen molar-refractivity contribution in [1.82, 2.24) is 10.6 Å². The van der Waals surface area contributed by atoms with Crippen LogP contribution in [0, 0.1) is 11.8 Å². The number of esters is 1. The minimum Gasteiger partial charge on any atom is -0.462 e. The van der Waals surface area contributed by atoms with Gasteiger partial charge in [0, 0.05) is 44.6 Å². The van der Waals surface area contributed by atoms with Gasteiger partial charge in [-0.05, 0) is 58.8 Å². The summed E-state index contributed by atoms with van der Waals surface area (Å²) < 4.78 is 36.0. The molecule has 0 aromatic carbocycles. The Morgan fingerprint density at radius 3 is 2.04 bits per heavy atom. The Kier molecular flexibility index (Phi) is 27.0. The highest BCUT2D eigenvalue weighted by molar-refractivity contribution is 5.74. The molecule has 4 rings (SSSR count). The maximum Gasteiger partial charge on any atom is 0.314 e. The lowest BCUT2D eigenvalue weighted by Gasteiger charge is -2.46. The van der Waals surface area contributed by atoms with Gasteiger partial charge in [0.15, 0.2) is 18.4 Å². The van der Waals surface area contributed by atoms with Crippen LogP contribution in [0.2, 0.25) is 0 Å². The van der Waals surface area contributed by atoms with E-state index in [9.17, 15) is 60.7 Å². The second-order valence-electron chi connectivity index (χ2n) is 20.3. The number of cyclic esters (lactones) is 1. The van der Waals surface area contributed by atoms with Crippen LogP contribution in [0.3, 0.4) is 0 Å². The molecule has 14 N–H and O–H groups in total. The number of nitrogens with one attached hydrogen (secondary N) is 2. The van der Waals surface area contributed by atoms with Crippen LogP contribution in [-0.4, -0.2) is 193 Å². The minimum atomic E-state index is -2.10. The van der Waals surface area contributed by atoms with Gasteiger partial charge in [0.1, 0.15) is 18.3 Å². The second kappa shape index (κ2) is 31.7. The third-order valence-electron chi connectivity index (χ3n) is 13.9. The second-order valence-corrected chi connectivity index (χ2v) is 20.3. The van der Waals surface area contributed by atoms with Gasteiger partial charge in [0.25, 0.3) is 0 Å². The molecule has 21 heteroatoms. The van der Waals surface area contributed by atoms with Gasteiger partial charge in [-0.15, -0.1) is 0 Å². The van der Waals surface area contributed by atoms with E-state index in [1.54, 1.807) is 38.2 Å². The number of ether oxygens (including phenoxy) is 6. The third kappa shape index (κ3) is 21.2. The largest absolute Gasteiger partial charge is 0.462 e. The maximum atomic E-state index is 13.1. The Morgan fingerprint density at radius 1 is 0.716 bits per heavy atom. The van der Waals surface area contributed by atoms with Crippen molar-refractivity contribution in [3.63, 3.8) is 0 Å². The van der Waals surface area contributed by atoms with Crippen molar-refractivity contribution in [1.29, 1.82) is 0 Å². The van der Waals surface area contributed by atoms with E-state index in [2.05, 4.69) is 10.6 Å². The van der Waals surface area contributed by atoms with E-state index in [0.717, 1.165) is 12.8 Å². The molecule has 3 saturated heterocycles. The SMILES string of the molecule is CNC(=O)NC1C(O)CC2(O)CC(O)CCCC(O)CC(O)CC(O)CC(=O)OC(C)C(C)C(OC3C[C@@H](O)[C@@H](O)[C@H](C)O3)C(C)/C=C/C=C/CC/C=C/C=C/C=C/C=C/C(O[C@@H]3OC[C@@H](O)[C@H](N)[C@@H]3O)CC1O2. The highest BCUT2D eigenvalue weighted by Crippen LogP contribution is 2.35. The van der Waals surface area contributed by atoms with E-state index in [1.807, 2.05) is 62.5 Å². The Balaban J connectivity index is 1.54. The number of amides is 2. The van der Waals surface area contributed by atoms with Crippen LogP contribution in [0.1, 0.15) is 105 Å². The van der Waals surface area contributed by atoms with Gasteiger partial charge in [0.05, 0.1) is 92.3 Å². The number of urea groups is 1. The van der Waals surface area contributed by atoms with E-state index in [0.29, 0.717) is 0 Å². The molecule has 4 aliphatic rings. The predicted molar refractivity (Wildman–Crippen MR) is 271 cm³/mol. The molecule has 0 radical (unpaired) electrons. The van der Waals surface area contributed by atoms with E-state index < -0.39 is 147 Å². The molecular formula is C53H87N3O18. The van der Waals surface area contributed by atoms with Gasteiger partial charge >= 0.3 is 12.0 Å². The molecule has 0 saturated carbocycles. The molecule has 422 valence electrons. The molecule has 4 aliphatic heterocycles. The molecule has 0 spiro atoms. The highest BCUT2D eigenvalue weighted by atomic mass is 16.7. The Hall–Kier alpha value is -3.46. The number of carbonyl (C=O) groups excluding carboxylic acids is 2. The molecule has 0 aromatic heterocycles. The van der Waals surface area contributed by atoms with Crippen LogP contribution >= 0.6 is 0 Å². The lowest BCUT2D eigenvalue weighted by atomic mass is 9.87. The first-order chi connectivity index (χ1) is 35.1.